The minimum absolute atomic E-state index is 0.0509. The van der Waals surface area contributed by atoms with Crippen molar-refractivity contribution in [1.29, 1.82) is 0 Å². The molecule has 0 aliphatic carbocycles. The molecule has 3 aromatic rings. The van der Waals surface area contributed by atoms with Crippen LogP contribution in [0.25, 0.3) is 17.4 Å². The zero-order valence-electron chi connectivity index (χ0n) is 15.7. The standard InChI is InChI=1S/C22H15FN2O4S/c1-25-20(26)19(30-22(25)24-16-7-5-13(6-8-16)21(27)28)12-17-9-10-18(29-17)14-3-2-4-15(23)11-14/h2-12H,1H3,(H,27,28)/p-1/b19-12-,24-22?. The highest BCUT2D eigenvalue weighted by Gasteiger charge is 2.30. The second kappa shape index (κ2) is 8.00. The van der Waals surface area contributed by atoms with Crippen molar-refractivity contribution in [3.63, 3.8) is 0 Å². The van der Waals surface area contributed by atoms with Crippen molar-refractivity contribution in [2.45, 2.75) is 0 Å². The predicted octanol–water partition coefficient (Wildman–Crippen LogP) is 3.68. The van der Waals surface area contributed by atoms with E-state index in [1.807, 2.05) is 0 Å². The molecule has 0 radical (unpaired) electrons. The Bertz CT molecular complexity index is 1200. The van der Waals surface area contributed by atoms with Gasteiger partial charge in [-0.1, -0.05) is 24.3 Å². The molecule has 1 aromatic heterocycles. The molecule has 1 fully saturated rings. The molecule has 0 bridgehead atoms. The van der Waals surface area contributed by atoms with Crippen LogP contribution in [0.15, 0.2) is 75.0 Å². The third kappa shape index (κ3) is 4.04. The second-order valence-electron chi connectivity index (χ2n) is 6.42. The fourth-order valence-corrected chi connectivity index (χ4v) is 3.76. The molecule has 0 N–H and O–H groups in total. The van der Waals surface area contributed by atoms with Gasteiger partial charge in [-0.15, -0.1) is 0 Å². The Labute approximate surface area is 175 Å². The summed E-state index contributed by atoms with van der Waals surface area (Å²) in [4.78, 5) is 29.6. The predicted molar refractivity (Wildman–Crippen MR) is 110 cm³/mol. The minimum Gasteiger partial charge on any atom is -0.545 e. The van der Waals surface area contributed by atoms with Crippen molar-refractivity contribution >= 4 is 40.6 Å². The van der Waals surface area contributed by atoms with Crippen molar-refractivity contribution < 1.29 is 23.5 Å². The van der Waals surface area contributed by atoms with Gasteiger partial charge in [-0.25, -0.2) is 9.38 Å². The number of carboxylic acid groups (broad SMARTS) is 1. The van der Waals surface area contributed by atoms with Gasteiger partial charge in [0.25, 0.3) is 5.91 Å². The Morgan fingerprint density at radius 1 is 1.17 bits per heavy atom. The van der Waals surface area contributed by atoms with Crippen LogP contribution in [0.2, 0.25) is 0 Å². The highest BCUT2D eigenvalue weighted by Crippen LogP contribution is 2.34. The molecule has 8 heteroatoms. The van der Waals surface area contributed by atoms with Gasteiger partial charge in [0, 0.05) is 18.7 Å². The quantitative estimate of drug-likeness (QED) is 0.600. The summed E-state index contributed by atoms with van der Waals surface area (Å²) in [6, 6.07) is 15.3. The number of carboxylic acids is 1. The van der Waals surface area contributed by atoms with Gasteiger partial charge in [0.15, 0.2) is 5.17 Å². The minimum atomic E-state index is -1.27. The highest BCUT2D eigenvalue weighted by molar-refractivity contribution is 8.18. The summed E-state index contributed by atoms with van der Waals surface area (Å²) in [6.07, 6.45) is 1.61. The van der Waals surface area contributed by atoms with E-state index in [1.54, 1.807) is 37.4 Å². The lowest BCUT2D eigenvalue weighted by Gasteiger charge is -2.07. The van der Waals surface area contributed by atoms with Gasteiger partial charge in [-0.05, 0) is 53.7 Å². The largest absolute Gasteiger partial charge is 0.545 e. The first-order valence-electron chi connectivity index (χ1n) is 8.84. The summed E-state index contributed by atoms with van der Waals surface area (Å²) in [6.45, 7) is 0. The Morgan fingerprint density at radius 3 is 2.63 bits per heavy atom. The topological polar surface area (TPSA) is 85.9 Å². The monoisotopic (exact) mass is 421 g/mol. The van der Waals surface area contributed by atoms with Gasteiger partial charge < -0.3 is 14.3 Å². The number of carbonyl (C=O) groups excluding carboxylic acids is 2. The van der Waals surface area contributed by atoms with E-state index < -0.39 is 5.97 Å². The molecule has 1 aliphatic heterocycles. The molecule has 1 saturated heterocycles. The van der Waals surface area contributed by atoms with Crippen molar-refractivity contribution in [2.75, 3.05) is 7.05 Å². The molecular formula is C22H14FN2O4S-. The number of amidine groups is 1. The van der Waals surface area contributed by atoms with Crippen LogP contribution in [-0.2, 0) is 4.79 Å². The van der Waals surface area contributed by atoms with Crippen molar-refractivity contribution in [3.8, 4) is 11.3 Å². The van der Waals surface area contributed by atoms with Crippen LogP contribution >= 0.6 is 11.8 Å². The zero-order valence-corrected chi connectivity index (χ0v) is 16.5. The molecule has 2 heterocycles. The molecule has 30 heavy (non-hydrogen) atoms. The zero-order chi connectivity index (χ0) is 21.3. The maximum absolute atomic E-state index is 13.4. The fraction of sp³-hybridized carbons (Fsp3) is 0.0455. The lowest BCUT2D eigenvalue weighted by molar-refractivity contribution is -0.255. The number of likely N-dealkylation sites (N-methyl/N-ethyl adjacent to an activating group) is 1. The van der Waals surface area contributed by atoms with Crippen molar-refractivity contribution in [3.05, 3.63) is 82.7 Å². The Balaban J connectivity index is 1.56. The number of carbonyl (C=O) groups is 2. The van der Waals surface area contributed by atoms with Crippen LogP contribution in [0, 0.1) is 5.82 Å². The smallest absolute Gasteiger partial charge is 0.266 e. The van der Waals surface area contributed by atoms with Crippen LogP contribution in [0.5, 0.6) is 0 Å². The van der Waals surface area contributed by atoms with E-state index in [-0.39, 0.29) is 17.3 Å². The highest BCUT2D eigenvalue weighted by atomic mass is 32.2. The van der Waals surface area contributed by atoms with Crippen LogP contribution in [0.3, 0.4) is 0 Å². The SMILES string of the molecule is CN1C(=O)/C(=C/c2ccc(-c3cccc(F)c3)o2)SC1=Nc1ccc(C(=O)[O-])cc1. The molecule has 0 unspecified atom stereocenters. The van der Waals surface area contributed by atoms with E-state index >= 15 is 0 Å². The normalized spacial score (nSPS) is 16.6. The van der Waals surface area contributed by atoms with E-state index in [0.717, 1.165) is 0 Å². The Morgan fingerprint density at radius 2 is 1.93 bits per heavy atom. The fourth-order valence-electron chi connectivity index (χ4n) is 2.79. The number of hydrogen-bond donors (Lipinski definition) is 0. The lowest BCUT2D eigenvalue weighted by Crippen LogP contribution is -2.23. The average molecular weight is 421 g/mol. The average Bonchev–Trinajstić information content (AvgIpc) is 3.29. The van der Waals surface area contributed by atoms with E-state index in [1.165, 1.54) is 53.1 Å². The number of rotatable bonds is 4. The van der Waals surface area contributed by atoms with Crippen molar-refractivity contribution in [1.82, 2.24) is 4.90 Å². The maximum atomic E-state index is 13.4. The first-order chi connectivity index (χ1) is 14.4. The Kier molecular flexibility index (Phi) is 5.24. The number of amides is 1. The summed E-state index contributed by atoms with van der Waals surface area (Å²) in [5.74, 6) is -0.919. The molecule has 0 saturated carbocycles. The number of aliphatic imine (C=N–C) groups is 1. The first-order valence-corrected chi connectivity index (χ1v) is 9.66. The molecule has 2 aromatic carbocycles. The van der Waals surface area contributed by atoms with E-state index in [9.17, 15) is 19.1 Å². The Hall–Kier alpha value is -3.65. The third-order valence-electron chi connectivity index (χ3n) is 4.34. The molecule has 4 rings (SSSR count). The van der Waals surface area contributed by atoms with Gasteiger partial charge in [0.2, 0.25) is 0 Å². The molecule has 1 amide bonds. The number of thioether (sulfide) groups is 1. The van der Waals surface area contributed by atoms with E-state index in [0.29, 0.717) is 32.8 Å². The van der Waals surface area contributed by atoms with Gasteiger partial charge in [0.1, 0.15) is 17.3 Å². The lowest BCUT2D eigenvalue weighted by atomic mass is 10.2. The van der Waals surface area contributed by atoms with Crippen LogP contribution in [0.4, 0.5) is 10.1 Å². The summed E-state index contributed by atoms with van der Waals surface area (Å²) < 4.78 is 19.1. The molecule has 0 spiro atoms. The molecule has 1 aliphatic rings. The van der Waals surface area contributed by atoms with Gasteiger partial charge in [0.05, 0.1) is 16.6 Å². The van der Waals surface area contributed by atoms with Gasteiger partial charge in [-0.2, -0.15) is 0 Å². The molecule has 150 valence electrons. The first kappa shape index (κ1) is 19.7. The summed E-state index contributed by atoms with van der Waals surface area (Å²) in [5, 5.41) is 11.3. The summed E-state index contributed by atoms with van der Waals surface area (Å²) in [5.41, 5.74) is 1.16. The number of furan rings is 1. The number of aromatic carboxylic acids is 1. The number of hydrogen-bond acceptors (Lipinski definition) is 6. The van der Waals surface area contributed by atoms with Crippen molar-refractivity contribution in [2.24, 2.45) is 4.99 Å². The van der Waals surface area contributed by atoms with E-state index in [2.05, 4.69) is 4.99 Å². The second-order valence-corrected chi connectivity index (χ2v) is 7.42. The number of halogens is 1. The van der Waals surface area contributed by atoms with E-state index in [4.69, 9.17) is 4.42 Å². The maximum Gasteiger partial charge on any atom is 0.266 e. The molecule has 0 atom stereocenters. The van der Waals surface area contributed by atoms with Crippen LogP contribution < -0.4 is 5.11 Å². The summed E-state index contributed by atoms with van der Waals surface area (Å²) in [7, 11) is 1.60. The molecular weight excluding hydrogens is 407 g/mol. The number of benzene rings is 2. The van der Waals surface area contributed by atoms with Crippen LogP contribution in [0.1, 0.15) is 16.1 Å². The van der Waals surface area contributed by atoms with Gasteiger partial charge >= 0.3 is 0 Å². The van der Waals surface area contributed by atoms with Crippen LogP contribution in [-0.4, -0.2) is 29.0 Å². The summed E-state index contributed by atoms with van der Waals surface area (Å²) >= 11 is 1.17. The third-order valence-corrected chi connectivity index (χ3v) is 5.40. The van der Waals surface area contributed by atoms with Gasteiger partial charge in [-0.3, -0.25) is 9.69 Å². The molecule has 6 nitrogen and oxygen atoms in total. The number of nitrogens with zero attached hydrogens (tertiary/aromatic N) is 2.